The van der Waals surface area contributed by atoms with Gasteiger partial charge >= 0.3 is 5.97 Å². The lowest BCUT2D eigenvalue weighted by molar-refractivity contribution is -0.137. The van der Waals surface area contributed by atoms with E-state index in [-0.39, 0.29) is 23.9 Å². The van der Waals surface area contributed by atoms with Crippen LogP contribution in [-0.4, -0.2) is 46.9 Å². The number of benzene rings is 1. The Hall–Kier alpha value is -2.44. The van der Waals surface area contributed by atoms with Gasteiger partial charge in [0.25, 0.3) is 0 Å². The van der Waals surface area contributed by atoms with Crippen LogP contribution in [0.5, 0.6) is 0 Å². The number of carbonyl (C=O) groups is 3. The van der Waals surface area contributed by atoms with Crippen molar-refractivity contribution in [3.05, 3.63) is 29.1 Å². The number of aliphatic carboxylic acids is 1. The van der Waals surface area contributed by atoms with Gasteiger partial charge in [-0.05, 0) is 62.6 Å². The van der Waals surface area contributed by atoms with Crippen LogP contribution in [0.25, 0.3) is 0 Å². The summed E-state index contributed by atoms with van der Waals surface area (Å²) < 4.78 is 15.1. The molecular formula is C21H25FN2O4. The number of hydrogen-bond acceptors (Lipinski definition) is 3. The second-order valence-electron chi connectivity index (χ2n) is 8.60. The summed E-state index contributed by atoms with van der Waals surface area (Å²) in [4.78, 5) is 39.7. The van der Waals surface area contributed by atoms with E-state index in [1.54, 1.807) is 18.7 Å². The van der Waals surface area contributed by atoms with Gasteiger partial charge in [-0.2, -0.15) is 0 Å². The van der Waals surface area contributed by atoms with Gasteiger partial charge in [0.05, 0.1) is 11.1 Å². The van der Waals surface area contributed by atoms with Gasteiger partial charge in [-0.1, -0.05) is 6.07 Å². The molecule has 2 heterocycles. The summed E-state index contributed by atoms with van der Waals surface area (Å²) in [6.07, 6.45) is 2.87. The highest BCUT2D eigenvalue weighted by molar-refractivity contribution is 6.11. The fraction of sp³-hybridized carbons (Fsp3) is 0.571. The maximum absolute atomic E-state index is 15.1. The lowest BCUT2D eigenvalue weighted by atomic mass is 9.85. The molecule has 1 aromatic carbocycles. The average Bonchev–Trinajstić information content (AvgIpc) is 3.38. The molecule has 150 valence electrons. The van der Waals surface area contributed by atoms with E-state index in [1.807, 2.05) is 6.07 Å². The van der Waals surface area contributed by atoms with Crippen molar-refractivity contribution in [2.45, 2.75) is 63.3 Å². The molecule has 7 heteroatoms. The fourth-order valence-corrected chi connectivity index (χ4v) is 4.41. The Balaban J connectivity index is 1.62. The maximum atomic E-state index is 15.1. The number of carbonyl (C=O) groups excluding carboxylic acids is 2. The van der Waals surface area contributed by atoms with Crippen molar-refractivity contribution < 1.29 is 23.9 Å². The summed E-state index contributed by atoms with van der Waals surface area (Å²) in [7, 11) is 0. The number of hydrogen-bond donors (Lipinski definition) is 1. The molecular weight excluding hydrogens is 363 g/mol. The van der Waals surface area contributed by atoms with Crippen molar-refractivity contribution in [1.29, 1.82) is 0 Å². The molecule has 1 atom stereocenters. The number of halogens is 1. The molecule has 28 heavy (non-hydrogen) atoms. The van der Waals surface area contributed by atoms with Gasteiger partial charge in [-0.15, -0.1) is 0 Å². The number of fused-ring (bicyclic) bond motifs is 1. The Morgan fingerprint density at radius 1 is 1.25 bits per heavy atom. The van der Waals surface area contributed by atoms with Crippen LogP contribution in [0.3, 0.4) is 0 Å². The molecule has 0 bridgehead atoms. The van der Waals surface area contributed by atoms with Crippen molar-refractivity contribution in [3.8, 4) is 0 Å². The molecule has 2 amide bonds. The van der Waals surface area contributed by atoms with Gasteiger partial charge < -0.3 is 10.0 Å². The molecule has 4 rings (SSSR count). The molecule has 3 aliphatic rings. The van der Waals surface area contributed by atoms with E-state index < -0.39 is 23.2 Å². The third kappa shape index (κ3) is 2.97. The van der Waals surface area contributed by atoms with E-state index >= 15 is 4.39 Å². The van der Waals surface area contributed by atoms with Crippen molar-refractivity contribution in [3.63, 3.8) is 0 Å². The predicted molar refractivity (Wildman–Crippen MR) is 101 cm³/mol. The Labute approximate surface area is 163 Å². The van der Waals surface area contributed by atoms with Crippen molar-refractivity contribution in [1.82, 2.24) is 4.90 Å². The Morgan fingerprint density at radius 2 is 1.96 bits per heavy atom. The largest absolute Gasteiger partial charge is 0.481 e. The molecule has 2 aliphatic heterocycles. The highest BCUT2D eigenvalue weighted by Gasteiger charge is 2.51. The third-order valence-electron chi connectivity index (χ3n) is 6.20. The number of likely N-dealkylation sites (tertiary alicyclic amines) is 1. The monoisotopic (exact) mass is 388 g/mol. The number of rotatable bonds is 6. The molecule has 1 aromatic rings. The van der Waals surface area contributed by atoms with E-state index in [0.29, 0.717) is 37.4 Å². The van der Waals surface area contributed by atoms with Crippen LogP contribution >= 0.6 is 0 Å². The Bertz CT molecular complexity index is 862. The van der Waals surface area contributed by atoms with Crippen molar-refractivity contribution in [2.75, 3.05) is 18.0 Å². The number of amides is 2. The Morgan fingerprint density at radius 3 is 2.61 bits per heavy atom. The van der Waals surface area contributed by atoms with E-state index in [4.69, 9.17) is 5.11 Å². The van der Waals surface area contributed by atoms with Crippen LogP contribution in [0.15, 0.2) is 12.1 Å². The molecule has 1 saturated carbocycles. The van der Waals surface area contributed by atoms with Crippen LogP contribution in [0.4, 0.5) is 10.1 Å². The molecule has 2 fully saturated rings. The van der Waals surface area contributed by atoms with Gasteiger partial charge in [0.1, 0.15) is 11.9 Å². The van der Waals surface area contributed by atoms with E-state index in [9.17, 15) is 14.4 Å². The molecule has 6 nitrogen and oxygen atoms in total. The van der Waals surface area contributed by atoms with Crippen LogP contribution in [0.2, 0.25) is 0 Å². The molecule has 1 N–H and O–H groups in total. The molecule has 0 unspecified atom stereocenters. The number of carboxylic acid groups (broad SMARTS) is 1. The SMILES string of the molecule is CC1(C)C(=O)N([C@@H]2CCN(CCCC(=O)O)C2=O)c2c(F)cc(C3CC3)cc21. The van der Waals surface area contributed by atoms with Gasteiger partial charge in [-0.25, -0.2) is 4.39 Å². The summed E-state index contributed by atoms with van der Waals surface area (Å²) in [5.41, 5.74) is 0.964. The zero-order chi connectivity index (χ0) is 20.2. The third-order valence-corrected chi connectivity index (χ3v) is 6.20. The summed E-state index contributed by atoms with van der Waals surface area (Å²) in [6, 6.07) is 2.74. The van der Waals surface area contributed by atoms with E-state index in [1.165, 1.54) is 11.0 Å². The number of nitrogens with zero attached hydrogens (tertiary/aromatic N) is 2. The number of anilines is 1. The first-order valence-electron chi connectivity index (χ1n) is 9.90. The summed E-state index contributed by atoms with van der Waals surface area (Å²) >= 11 is 0. The molecule has 0 aromatic heterocycles. The standard InChI is InChI=1S/C21H25FN2O4/c1-21(2)14-10-13(12-5-6-12)11-15(22)18(14)24(20(21)28)16-7-9-23(19(16)27)8-3-4-17(25)26/h10-12,16H,3-9H2,1-2H3,(H,25,26)/t16-/m1/s1. The zero-order valence-electron chi connectivity index (χ0n) is 16.2. The van der Waals surface area contributed by atoms with Gasteiger partial charge in [0.15, 0.2) is 0 Å². The van der Waals surface area contributed by atoms with Crippen LogP contribution in [-0.2, 0) is 19.8 Å². The lowest BCUT2D eigenvalue weighted by Gasteiger charge is -2.26. The van der Waals surface area contributed by atoms with Crippen LogP contribution in [0.1, 0.15) is 63.0 Å². The minimum Gasteiger partial charge on any atom is -0.481 e. The minimum atomic E-state index is -0.901. The number of carboxylic acids is 1. The van der Waals surface area contributed by atoms with E-state index in [0.717, 1.165) is 18.4 Å². The van der Waals surface area contributed by atoms with Crippen LogP contribution < -0.4 is 4.90 Å². The predicted octanol–water partition coefficient (Wildman–Crippen LogP) is 2.79. The van der Waals surface area contributed by atoms with Crippen LogP contribution in [0, 0.1) is 5.82 Å². The van der Waals surface area contributed by atoms with Crippen molar-refractivity contribution in [2.24, 2.45) is 0 Å². The Kier molecular flexibility index (Phi) is 4.43. The fourth-order valence-electron chi connectivity index (χ4n) is 4.41. The second kappa shape index (κ2) is 6.57. The normalized spacial score (nSPS) is 23.5. The maximum Gasteiger partial charge on any atom is 0.303 e. The minimum absolute atomic E-state index is 0.00841. The van der Waals surface area contributed by atoms with Gasteiger partial charge in [0.2, 0.25) is 11.8 Å². The van der Waals surface area contributed by atoms with E-state index in [2.05, 4.69) is 0 Å². The molecule has 1 aliphatic carbocycles. The first-order valence-corrected chi connectivity index (χ1v) is 9.90. The summed E-state index contributed by atoms with van der Waals surface area (Å²) in [5, 5.41) is 8.78. The second-order valence-corrected chi connectivity index (χ2v) is 8.60. The first-order chi connectivity index (χ1) is 13.2. The van der Waals surface area contributed by atoms with Crippen molar-refractivity contribution >= 4 is 23.5 Å². The molecule has 0 spiro atoms. The topological polar surface area (TPSA) is 77.9 Å². The quantitative estimate of drug-likeness (QED) is 0.813. The first kappa shape index (κ1) is 18.9. The molecule has 1 saturated heterocycles. The van der Waals surface area contributed by atoms with Gasteiger partial charge in [0, 0.05) is 19.5 Å². The zero-order valence-corrected chi connectivity index (χ0v) is 16.2. The highest BCUT2D eigenvalue weighted by Crippen LogP contribution is 2.49. The summed E-state index contributed by atoms with van der Waals surface area (Å²) in [5.74, 6) is -1.44. The smallest absolute Gasteiger partial charge is 0.303 e. The lowest BCUT2D eigenvalue weighted by Crippen LogP contribution is -2.47. The highest BCUT2D eigenvalue weighted by atomic mass is 19.1. The summed E-state index contributed by atoms with van der Waals surface area (Å²) in [6.45, 7) is 4.36. The molecule has 0 radical (unpaired) electrons. The van der Waals surface area contributed by atoms with Gasteiger partial charge in [-0.3, -0.25) is 19.3 Å². The average molecular weight is 388 g/mol.